The second-order valence-corrected chi connectivity index (χ2v) is 12.1. The molecule has 5 rings (SSSR count). The van der Waals surface area contributed by atoms with E-state index in [1.807, 2.05) is 57.2 Å². The molecule has 0 aliphatic carbocycles. The van der Waals surface area contributed by atoms with Crippen LogP contribution in [0.3, 0.4) is 0 Å². The second kappa shape index (κ2) is 14.3. The number of urea groups is 1. The lowest BCUT2D eigenvalue weighted by molar-refractivity contribution is -0.274. The molecule has 3 aromatic carbocycles. The van der Waals surface area contributed by atoms with Crippen molar-refractivity contribution < 1.29 is 32.2 Å². The van der Waals surface area contributed by atoms with Crippen LogP contribution in [0, 0.1) is 0 Å². The minimum Gasteiger partial charge on any atom is -0.497 e. The number of ether oxygens (including phenoxy) is 2. The Morgan fingerprint density at radius 1 is 1.06 bits per heavy atom. The van der Waals surface area contributed by atoms with Gasteiger partial charge in [0, 0.05) is 12.1 Å². The highest BCUT2D eigenvalue weighted by Gasteiger charge is 2.39. The summed E-state index contributed by atoms with van der Waals surface area (Å²) in [5, 5.41) is 7.25. The number of hydrogen-bond acceptors (Lipinski definition) is 7. The fourth-order valence-corrected chi connectivity index (χ4v) is 5.99. The normalized spacial score (nSPS) is 15.8. The molecule has 0 saturated carbocycles. The van der Waals surface area contributed by atoms with E-state index >= 15 is 0 Å². The average Bonchev–Trinajstić information content (AvgIpc) is 3.65. The smallest absolute Gasteiger partial charge is 0.497 e. The quantitative estimate of drug-likeness (QED) is 0.192. The third-order valence-corrected chi connectivity index (χ3v) is 8.63. The SMILES string of the molecule is CCC1SC(=NC(=O)NCCc2ccc(-c3ncn(-c4ccc(OC(F)(F)F)cc4)n3)cc2)N(c2ccc(OC)cc2C(C)C)C1=O. The molecule has 1 saturated heterocycles. The number of rotatable bonds is 10. The molecule has 1 fully saturated rings. The first kappa shape index (κ1) is 33.5. The summed E-state index contributed by atoms with van der Waals surface area (Å²) < 4.78 is 48.0. The summed E-state index contributed by atoms with van der Waals surface area (Å²) >= 11 is 1.29. The van der Waals surface area contributed by atoms with Crippen molar-refractivity contribution in [2.45, 2.75) is 51.1 Å². The molecule has 3 amide bonds. The van der Waals surface area contributed by atoms with Gasteiger partial charge in [-0.2, -0.15) is 4.99 Å². The molecular weight excluding hydrogens is 633 g/mol. The number of methoxy groups -OCH3 is 1. The van der Waals surface area contributed by atoms with Gasteiger partial charge >= 0.3 is 12.4 Å². The first-order chi connectivity index (χ1) is 22.5. The molecule has 2 heterocycles. The zero-order valence-corrected chi connectivity index (χ0v) is 26.9. The van der Waals surface area contributed by atoms with Gasteiger partial charge in [0.1, 0.15) is 17.8 Å². The number of amidine groups is 1. The summed E-state index contributed by atoms with van der Waals surface area (Å²) in [6.45, 7) is 6.32. The van der Waals surface area contributed by atoms with E-state index in [9.17, 15) is 22.8 Å². The van der Waals surface area contributed by atoms with Crippen molar-refractivity contribution in [1.82, 2.24) is 20.1 Å². The predicted molar refractivity (Wildman–Crippen MR) is 174 cm³/mol. The molecular formula is C33H33F3N6O4S. The van der Waals surface area contributed by atoms with Gasteiger partial charge in [0.2, 0.25) is 5.91 Å². The summed E-state index contributed by atoms with van der Waals surface area (Å²) in [6, 6.07) is 17.8. The van der Waals surface area contributed by atoms with Gasteiger partial charge in [0.25, 0.3) is 0 Å². The number of aliphatic imine (C=N–C) groups is 1. The van der Waals surface area contributed by atoms with Crippen LogP contribution in [0.1, 0.15) is 44.2 Å². The van der Waals surface area contributed by atoms with E-state index in [-0.39, 0.29) is 22.8 Å². The van der Waals surface area contributed by atoms with E-state index in [0.29, 0.717) is 47.5 Å². The maximum Gasteiger partial charge on any atom is 0.573 e. The Hall–Kier alpha value is -4.85. The minimum absolute atomic E-state index is 0.106. The fourth-order valence-electron chi connectivity index (χ4n) is 4.93. The summed E-state index contributed by atoms with van der Waals surface area (Å²) in [7, 11) is 1.59. The number of benzene rings is 3. The number of amides is 3. The van der Waals surface area contributed by atoms with Crippen LogP contribution < -0.4 is 19.7 Å². The summed E-state index contributed by atoms with van der Waals surface area (Å²) in [6.07, 6.45) is -2.15. The lowest BCUT2D eigenvalue weighted by atomic mass is 10.00. The van der Waals surface area contributed by atoms with Crippen molar-refractivity contribution in [3.63, 3.8) is 0 Å². The van der Waals surface area contributed by atoms with Gasteiger partial charge in [-0.05, 0) is 72.4 Å². The second-order valence-electron chi connectivity index (χ2n) is 10.9. The van der Waals surface area contributed by atoms with Crippen LogP contribution in [-0.2, 0) is 11.2 Å². The first-order valence-electron chi connectivity index (χ1n) is 14.9. The number of nitrogens with one attached hydrogen (secondary N) is 1. The van der Waals surface area contributed by atoms with Crippen molar-refractivity contribution in [1.29, 1.82) is 0 Å². The highest BCUT2D eigenvalue weighted by molar-refractivity contribution is 8.16. The number of aromatic nitrogens is 3. The Morgan fingerprint density at radius 2 is 1.77 bits per heavy atom. The van der Waals surface area contributed by atoms with Crippen LogP contribution in [0.15, 0.2) is 78.0 Å². The van der Waals surface area contributed by atoms with Crippen LogP contribution in [0.25, 0.3) is 17.1 Å². The van der Waals surface area contributed by atoms with Crippen molar-refractivity contribution >= 4 is 34.6 Å². The van der Waals surface area contributed by atoms with Gasteiger partial charge in [-0.25, -0.2) is 14.5 Å². The summed E-state index contributed by atoms with van der Waals surface area (Å²) in [4.78, 5) is 36.3. The molecule has 47 heavy (non-hydrogen) atoms. The number of hydrogen-bond donors (Lipinski definition) is 1. The third-order valence-electron chi connectivity index (χ3n) is 7.33. The Bertz CT molecular complexity index is 1760. The Morgan fingerprint density at radius 3 is 2.40 bits per heavy atom. The van der Waals surface area contributed by atoms with E-state index < -0.39 is 12.4 Å². The maximum atomic E-state index is 13.3. The van der Waals surface area contributed by atoms with Gasteiger partial charge < -0.3 is 14.8 Å². The van der Waals surface area contributed by atoms with Crippen LogP contribution in [0.2, 0.25) is 0 Å². The largest absolute Gasteiger partial charge is 0.573 e. The van der Waals surface area contributed by atoms with Crippen LogP contribution in [-0.4, -0.2) is 57.1 Å². The predicted octanol–water partition coefficient (Wildman–Crippen LogP) is 7.13. The molecule has 0 spiro atoms. The molecule has 1 atom stereocenters. The molecule has 1 aliphatic rings. The molecule has 1 unspecified atom stereocenters. The molecule has 14 heteroatoms. The van der Waals surface area contributed by atoms with Gasteiger partial charge in [0.15, 0.2) is 11.0 Å². The standard InChI is InChI=1S/C33H33F3N6O4S/c1-5-28-30(43)42(27-15-14-25(45-4)18-26(27)20(2)3)32(47-28)39-31(44)37-17-16-21-6-8-22(9-7-21)29-38-19-41(40-29)23-10-12-24(13-11-23)46-33(34,35)36/h6-15,18-20,28H,5,16-17H2,1-4H3,(H,37,44). The lowest BCUT2D eigenvalue weighted by Crippen LogP contribution is -2.34. The Kier molecular flexibility index (Phi) is 10.2. The molecule has 1 aliphatic heterocycles. The van der Waals surface area contributed by atoms with E-state index in [4.69, 9.17) is 4.74 Å². The van der Waals surface area contributed by atoms with Crippen LogP contribution in [0.5, 0.6) is 11.5 Å². The Balaban J connectivity index is 1.20. The third kappa shape index (κ3) is 8.12. The molecule has 4 aromatic rings. The van der Waals surface area contributed by atoms with E-state index in [0.717, 1.165) is 16.7 Å². The zero-order chi connectivity index (χ0) is 33.7. The minimum atomic E-state index is -4.76. The number of carbonyl (C=O) groups excluding carboxylic acids is 2. The van der Waals surface area contributed by atoms with Gasteiger partial charge in [-0.15, -0.1) is 18.3 Å². The van der Waals surface area contributed by atoms with Crippen molar-refractivity contribution in [2.75, 3.05) is 18.6 Å². The molecule has 0 bridgehead atoms. The van der Waals surface area contributed by atoms with Gasteiger partial charge in [0.05, 0.1) is 23.7 Å². The van der Waals surface area contributed by atoms with E-state index in [1.165, 1.54) is 47.0 Å². The van der Waals surface area contributed by atoms with Crippen molar-refractivity contribution in [3.05, 3.63) is 84.2 Å². The highest BCUT2D eigenvalue weighted by atomic mass is 32.2. The molecule has 1 N–H and O–H groups in total. The topological polar surface area (TPSA) is 111 Å². The number of nitrogens with zero attached hydrogens (tertiary/aromatic N) is 5. The number of thioether (sulfide) groups is 1. The molecule has 0 radical (unpaired) electrons. The van der Waals surface area contributed by atoms with Gasteiger partial charge in [-0.1, -0.05) is 56.8 Å². The number of carbonyl (C=O) groups is 2. The average molecular weight is 667 g/mol. The highest BCUT2D eigenvalue weighted by Crippen LogP contribution is 2.39. The van der Waals surface area contributed by atoms with Gasteiger partial charge in [-0.3, -0.25) is 9.69 Å². The maximum absolute atomic E-state index is 13.3. The molecule has 10 nitrogen and oxygen atoms in total. The number of alkyl halides is 3. The first-order valence-corrected chi connectivity index (χ1v) is 15.8. The number of anilines is 1. The van der Waals surface area contributed by atoms with Crippen molar-refractivity contribution in [2.24, 2.45) is 4.99 Å². The summed E-state index contributed by atoms with van der Waals surface area (Å²) in [5.41, 5.74) is 3.83. The molecule has 1 aromatic heterocycles. The van der Waals surface area contributed by atoms with Crippen molar-refractivity contribution in [3.8, 4) is 28.6 Å². The monoisotopic (exact) mass is 666 g/mol. The van der Waals surface area contributed by atoms with Crippen LogP contribution >= 0.6 is 11.8 Å². The zero-order valence-electron chi connectivity index (χ0n) is 26.1. The lowest BCUT2D eigenvalue weighted by Gasteiger charge is -2.22. The number of halogens is 3. The van der Waals surface area contributed by atoms with Crippen LogP contribution in [0.4, 0.5) is 23.7 Å². The van der Waals surface area contributed by atoms with E-state index in [1.54, 1.807) is 18.1 Å². The van der Waals surface area contributed by atoms with E-state index in [2.05, 4.69) is 25.1 Å². The molecule has 246 valence electrons. The fraction of sp³-hybridized carbons (Fsp3) is 0.303. The Labute approximate surface area is 274 Å². The summed E-state index contributed by atoms with van der Waals surface area (Å²) in [5.74, 6) is 0.797.